The number of nitrogens with zero attached hydrogens (tertiary/aromatic N) is 2. The third-order valence-electron chi connectivity index (χ3n) is 5.95. The third kappa shape index (κ3) is 4.93. The molecule has 1 fully saturated rings. The van der Waals surface area contributed by atoms with Crippen LogP contribution in [0.2, 0.25) is 5.02 Å². The number of benzene rings is 2. The lowest BCUT2D eigenvalue weighted by molar-refractivity contribution is -0.126. The maximum Gasteiger partial charge on any atom is 0.324 e. The van der Waals surface area contributed by atoms with Gasteiger partial charge in [0.25, 0.3) is 0 Å². The topological polar surface area (TPSA) is 71.1 Å². The van der Waals surface area contributed by atoms with Crippen molar-refractivity contribution in [2.24, 2.45) is 5.92 Å². The van der Waals surface area contributed by atoms with Crippen molar-refractivity contribution in [2.45, 2.75) is 32.4 Å². The molecule has 1 saturated heterocycles. The predicted molar refractivity (Wildman–Crippen MR) is 123 cm³/mol. The fourth-order valence-corrected chi connectivity index (χ4v) is 4.38. The zero-order valence-corrected chi connectivity index (χ0v) is 19.1. The summed E-state index contributed by atoms with van der Waals surface area (Å²) in [5.41, 5.74) is 1.68. The lowest BCUT2D eigenvalue weighted by atomic mass is 9.96. The van der Waals surface area contributed by atoms with Crippen LogP contribution >= 0.6 is 11.6 Å². The Balaban J connectivity index is 1.33. The van der Waals surface area contributed by atoms with Crippen molar-refractivity contribution < 1.29 is 19.1 Å². The Labute approximate surface area is 193 Å². The van der Waals surface area contributed by atoms with E-state index in [1.54, 1.807) is 30.2 Å². The predicted octanol–water partition coefficient (Wildman–Crippen LogP) is 4.08. The highest BCUT2D eigenvalue weighted by atomic mass is 35.5. The van der Waals surface area contributed by atoms with E-state index < -0.39 is 0 Å². The number of carbonyl (C=O) groups excluding carboxylic acids is 2. The van der Waals surface area contributed by atoms with Gasteiger partial charge in [0.2, 0.25) is 5.91 Å². The average molecular weight is 458 g/mol. The summed E-state index contributed by atoms with van der Waals surface area (Å²) < 4.78 is 11.1. The van der Waals surface area contributed by atoms with E-state index in [4.69, 9.17) is 21.1 Å². The third-order valence-corrected chi connectivity index (χ3v) is 6.18. The molecule has 2 aromatic rings. The van der Waals surface area contributed by atoms with E-state index in [9.17, 15) is 9.59 Å². The Morgan fingerprint density at radius 2 is 1.97 bits per heavy atom. The minimum atomic E-state index is -0.104. The normalized spacial score (nSPS) is 18.5. The van der Waals surface area contributed by atoms with Gasteiger partial charge in [0.1, 0.15) is 17.6 Å². The average Bonchev–Trinajstić information content (AvgIpc) is 2.82. The van der Waals surface area contributed by atoms with Gasteiger partial charge < -0.3 is 19.7 Å². The second-order valence-corrected chi connectivity index (χ2v) is 8.70. The van der Waals surface area contributed by atoms with Gasteiger partial charge in [-0.3, -0.25) is 9.69 Å². The number of amides is 3. The fraction of sp³-hybridized carbons (Fsp3) is 0.417. The highest BCUT2D eigenvalue weighted by Crippen LogP contribution is 2.36. The molecule has 0 bridgehead atoms. The van der Waals surface area contributed by atoms with Gasteiger partial charge >= 0.3 is 6.03 Å². The van der Waals surface area contributed by atoms with Crippen molar-refractivity contribution in [3.63, 3.8) is 0 Å². The zero-order chi connectivity index (χ0) is 22.7. The molecule has 0 aliphatic carbocycles. The molecule has 2 aliphatic heterocycles. The number of nitrogens with one attached hydrogen (secondary N) is 1. The van der Waals surface area contributed by atoms with Crippen molar-refractivity contribution in [1.29, 1.82) is 0 Å². The maximum atomic E-state index is 13.3. The van der Waals surface area contributed by atoms with E-state index in [2.05, 4.69) is 5.32 Å². The number of anilines is 1. The van der Waals surface area contributed by atoms with Crippen LogP contribution in [-0.2, 0) is 11.3 Å². The standard InChI is InChI=1S/C24H28ClN3O4/c1-16-15-28(21-13-19(25)6-7-22(21)32-16)24(30)27-10-8-18(9-11-27)23(29)26-14-17-4-3-5-20(12-17)31-2/h3-7,12-13,16,18H,8-11,14-15H2,1-2H3,(H,26,29)/t16-/m0/s1. The van der Waals surface area contributed by atoms with E-state index in [1.165, 1.54) is 0 Å². The molecule has 0 radical (unpaired) electrons. The number of carbonyl (C=O) groups is 2. The molecule has 8 heteroatoms. The van der Waals surface area contributed by atoms with E-state index in [-0.39, 0.29) is 24.0 Å². The Bertz CT molecular complexity index is 991. The SMILES string of the molecule is COc1cccc(CNC(=O)C2CCN(C(=O)N3C[C@H](C)Oc4ccc(Cl)cc43)CC2)c1. The number of methoxy groups -OCH3 is 1. The molecular formula is C24H28ClN3O4. The molecule has 170 valence electrons. The molecule has 3 amide bonds. The summed E-state index contributed by atoms with van der Waals surface area (Å²) in [6.07, 6.45) is 1.17. The molecule has 2 heterocycles. The molecule has 2 aromatic carbocycles. The van der Waals surface area contributed by atoms with Crippen LogP contribution < -0.4 is 19.7 Å². The molecule has 7 nitrogen and oxygen atoms in total. The summed E-state index contributed by atoms with van der Waals surface area (Å²) in [4.78, 5) is 29.5. The van der Waals surface area contributed by atoms with Crippen LogP contribution in [0.1, 0.15) is 25.3 Å². The smallest absolute Gasteiger partial charge is 0.324 e. The Kier molecular flexibility index (Phi) is 6.74. The summed E-state index contributed by atoms with van der Waals surface area (Å²) in [5, 5.41) is 3.57. The molecule has 0 spiro atoms. The van der Waals surface area contributed by atoms with Gasteiger partial charge in [-0.2, -0.15) is 0 Å². The van der Waals surface area contributed by atoms with Crippen LogP contribution in [0.3, 0.4) is 0 Å². The molecule has 0 unspecified atom stereocenters. The van der Waals surface area contributed by atoms with Gasteiger partial charge in [-0.15, -0.1) is 0 Å². The second-order valence-electron chi connectivity index (χ2n) is 8.26. The minimum Gasteiger partial charge on any atom is -0.497 e. The van der Waals surface area contributed by atoms with Crippen LogP contribution in [0.15, 0.2) is 42.5 Å². The first-order valence-electron chi connectivity index (χ1n) is 10.9. The van der Waals surface area contributed by atoms with Crippen molar-refractivity contribution in [3.05, 3.63) is 53.1 Å². The molecule has 2 aliphatic rings. The molecule has 1 N–H and O–H groups in total. The van der Waals surface area contributed by atoms with Crippen molar-refractivity contribution in [1.82, 2.24) is 10.2 Å². The van der Waals surface area contributed by atoms with Crippen LogP contribution in [0.4, 0.5) is 10.5 Å². The van der Waals surface area contributed by atoms with E-state index in [1.807, 2.05) is 36.1 Å². The van der Waals surface area contributed by atoms with Gasteiger partial charge in [-0.25, -0.2) is 4.79 Å². The number of fused-ring (bicyclic) bond motifs is 1. The number of ether oxygens (including phenoxy) is 2. The molecule has 0 saturated carbocycles. The van der Waals surface area contributed by atoms with Crippen molar-refractivity contribution in [3.8, 4) is 11.5 Å². The first-order chi connectivity index (χ1) is 15.4. The highest BCUT2D eigenvalue weighted by Gasteiger charge is 2.34. The lowest BCUT2D eigenvalue weighted by Crippen LogP contribution is -2.52. The van der Waals surface area contributed by atoms with Crippen molar-refractivity contribution in [2.75, 3.05) is 31.6 Å². The summed E-state index contributed by atoms with van der Waals surface area (Å²) in [6, 6.07) is 12.9. The molecule has 0 aromatic heterocycles. The van der Waals surface area contributed by atoms with Gasteiger partial charge in [-0.1, -0.05) is 23.7 Å². The number of hydrogen-bond acceptors (Lipinski definition) is 4. The number of halogens is 1. The van der Waals surface area contributed by atoms with Gasteiger partial charge in [0.05, 0.1) is 19.3 Å². The Morgan fingerprint density at radius 3 is 2.72 bits per heavy atom. The number of urea groups is 1. The maximum absolute atomic E-state index is 13.3. The number of likely N-dealkylation sites (tertiary alicyclic amines) is 1. The van der Waals surface area contributed by atoms with Gasteiger partial charge in [0, 0.05) is 30.6 Å². The van der Waals surface area contributed by atoms with E-state index >= 15 is 0 Å². The molecule has 1 atom stereocenters. The first-order valence-corrected chi connectivity index (χ1v) is 11.3. The van der Waals surface area contributed by atoms with E-state index in [0.717, 1.165) is 11.3 Å². The van der Waals surface area contributed by atoms with Crippen LogP contribution in [0.25, 0.3) is 0 Å². The zero-order valence-electron chi connectivity index (χ0n) is 18.3. The minimum absolute atomic E-state index is 0.0250. The number of piperidine rings is 1. The fourth-order valence-electron chi connectivity index (χ4n) is 4.21. The summed E-state index contributed by atoms with van der Waals surface area (Å²) in [5.74, 6) is 1.35. The lowest BCUT2D eigenvalue weighted by Gasteiger charge is -2.39. The highest BCUT2D eigenvalue weighted by molar-refractivity contribution is 6.31. The Morgan fingerprint density at radius 1 is 1.19 bits per heavy atom. The van der Waals surface area contributed by atoms with Gasteiger partial charge in [0.15, 0.2) is 0 Å². The molecule has 32 heavy (non-hydrogen) atoms. The van der Waals surface area contributed by atoms with Crippen LogP contribution in [-0.4, -0.2) is 49.7 Å². The monoisotopic (exact) mass is 457 g/mol. The first kappa shape index (κ1) is 22.3. The quantitative estimate of drug-likeness (QED) is 0.750. The van der Waals surface area contributed by atoms with Crippen LogP contribution in [0.5, 0.6) is 11.5 Å². The number of rotatable bonds is 4. The molecule has 4 rings (SSSR count). The summed E-state index contributed by atoms with van der Waals surface area (Å²) in [6.45, 7) is 3.94. The van der Waals surface area contributed by atoms with Gasteiger partial charge in [-0.05, 0) is 55.7 Å². The summed E-state index contributed by atoms with van der Waals surface area (Å²) in [7, 11) is 1.62. The number of hydrogen-bond donors (Lipinski definition) is 1. The largest absolute Gasteiger partial charge is 0.497 e. The van der Waals surface area contributed by atoms with Crippen LogP contribution in [0, 0.1) is 5.92 Å². The Hall–Kier alpha value is -2.93. The van der Waals surface area contributed by atoms with Crippen molar-refractivity contribution >= 4 is 29.2 Å². The molecular weight excluding hydrogens is 430 g/mol. The second kappa shape index (κ2) is 9.69. The van der Waals surface area contributed by atoms with E-state index in [0.29, 0.717) is 55.5 Å². The summed E-state index contributed by atoms with van der Waals surface area (Å²) >= 11 is 6.16.